The normalized spacial score (nSPS) is 21.3. The van der Waals surface area contributed by atoms with Crippen LogP contribution in [0.25, 0.3) is 6.08 Å². The number of rotatable bonds is 4. The summed E-state index contributed by atoms with van der Waals surface area (Å²) in [5.74, 6) is 1.70. The zero-order valence-electron chi connectivity index (χ0n) is 17.7. The van der Waals surface area contributed by atoms with Crippen LogP contribution in [0.2, 0.25) is 0 Å². The molecule has 1 aromatic carbocycles. The molecule has 30 heavy (non-hydrogen) atoms. The minimum atomic E-state index is 0.0960. The summed E-state index contributed by atoms with van der Waals surface area (Å²) in [7, 11) is 0. The molecule has 1 aromatic heterocycles. The number of benzene rings is 1. The van der Waals surface area contributed by atoms with Gasteiger partial charge in [0.2, 0.25) is 5.91 Å². The molecule has 158 valence electrons. The lowest BCUT2D eigenvalue weighted by molar-refractivity contribution is -0.133. The van der Waals surface area contributed by atoms with Crippen molar-refractivity contribution in [2.45, 2.75) is 51.1 Å². The Morgan fingerprint density at radius 3 is 2.70 bits per heavy atom. The van der Waals surface area contributed by atoms with E-state index in [0.717, 1.165) is 57.3 Å². The number of hydrogen-bond donors (Lipinski definition) is 0. The number of carbonyl (C=O) groups is 1. The molecule has 0 bridgehead atoms. The minimum absolute atomic E-state index is 0.0960. The Labute approximate surface area is 177 Å². The first kappa shape index (κ1) is 19.4. The molecule has 1 spiro atoms. The van der Waals surface area contributed by atoms with Crippen molar-refractivity contribution in [1.29, 1.82) is 0 Å². The third kappa shape index (κ3) is 3.67. The van der Waals surface area contributed by atoms with Gasteiger partial charge in [-0.15, -0.1) is 5.10 Å². The van der Waals surface area contributed by atoms with Crippen LogP contribution in [0.4, 0.5) is 0 Å². The number of aromatic nitrogens is 4. The molecule has 7 heteroatoms. The Morgan fingerprint density at radius 2 is 1.90 bits per heavy atom. The minimum Gasteiger partial charge on any atom is -0.341 e. The number of hydrogen-bond acceptors (Lipinski definition) is 5. The number of fused-ring (bicyclic) bond motifs is 2. The zero-order chi connectivity index (χ0) is 20.6. The van der Waals surface area contributed by atoms with E-state index in [1.165, 1.54) is 24.0 Å². The van der Waals surface area contributed by atoms with Crippen molar-refractivity contribution in [2.75, 3.05) is 26.2 Å². The highest BCUT2D eigenvalue weighted by atomic mass is 16.2. The smallest absolute Gasteiger partial charge is 0.244 e. The summed E-state index contributed by atoms with van der Waals surface area (Å²) in [5.41, 5.74) is 2.83. The first-order valence-electron chi connectivity index (χ1n) is 11.2. The van der Waals surface area contributed by atoms with Crippen molar-refractivity contribution < 1.29 is 4.79 Å². The van der Waals surface area contributed by atoms with Gasteiger partial charge in [0.15, 0.2) is 5.82 Å². The Hall–Kier alpha value is -2.54. The molecule has 1 amide bonds. The molecule has 0 radical (unpaired) electrons. The summed E-state index contributed by atoms with van der Waals surface area (Å²) in [4.78, 5) is 17.3. The second-order valence-electron chi connectivity index (χ2n) is 9.17. The van der Waals surface area contributed by atoms with E-state index in [9.17, 15) is 4.79 Å². The maximum atomic E-state index is 13.0. The van der Waals surface area contributed by atoms with Crippen LogP contribution in [-0.4, -0.2) is 62.1 Å². The Kier molecular flexibility index (Phi) is 5.15. The van der Waals surface area contributed by atoms with E-state index in [2.05, 4.69) is 63.8 Å². The molecule has 5 rings (SSSR count). The molecule has 2 fully saturated rings. The number of carbonyl (C=O) groups excluding carboxylic acids is 1. The third-order valence-corrected chi connectivity index (χ3v) is 7.22. The molecule has 2 aromatic rings. The van der Waals surface area contributed by atoms with Gasteiger partial charge in [0.25, 0.3) is 0 Å². The van der Waals surface area contributed by atoms with Crippen LogP contribution in [0, 0.1) is 5.92 Å². The van der Waals surface area contributed by atoms with Gasteiger partial charge in [-0.25, -0.2) is 4.68 Å². The van der Waals surface area contributed by atoms with E-state index in [0.29, 0.717) is 0 Å². The fourth-order valence-electron chi connectivity index (χ4n) is 5.13. The molecule has 1 aliphatic carbocycles. The van der Waals surface area contributed by atoms with Crippen LogP contribution < -0.4 is 0 Å². The van der Waals surface area contributed by atoms with E-state index in [1.807, 2.05) is 4.90 Å². The van der Waals surface area contributed by atoms with Crippen molar-refractivity contribution in [3.05, 3.63) is 47.3 Å². The van der Waals surface area contributed by atoms with Crippen LogP contribution in [0.1, 0.15) is 49.6 Å². The Balaban J connectivity index is 1.19. The van der Waals surface area contributed by atoms with E-state index >= 15 is 0 Å². The fraction of sp³-hybridized carbons (Fsp3) is 0.565. The highest BCUT2D eigenvalue weighted by molar-refractivity contribution is 5.76. The van der Waals surface area contributed by atoms with Crippen LogP contribution in [-0.2, 0) is 23.3 Å². The molecule has 3 heterocycles. The molecule has 7 nitrogen and oxygen atoms in total. The first-order chi connectivity index (χ1) is 14.6. The molecular formula is C23H30N6O. The lowest BCUT2D eigenvalue weighted by atomic mass is 9.74. The predicted octanol–water partition coefficient (Wildman–Crippen LogP) is 2.49. The average molecular weight is 407 g/mol. The van der Waals surface area contributed by atoms with E-state index < -0.39 is 0 Å². The monoisotopic (exact) mass is 406 g/mol. The van der Waals surface area contributed by atoms with Crippen molar-refractivity contribution in [3.8, 4) is 0 Å². The number of allylic oxidation sites excluding steroid dienone is 1. The van der Waals surface area contributed by atoms with Crippen molar-refractivity contribution in [3.63, 3.8) is 0 Å². The van der Waals surface area contributed by atoms with Gasteiger partial charge < -0.3 is 4.90 Å². The lowest BCUT2D eigenvalue weighted by Gasteiger charge is -2.39. The van der Waals surface area contributed by atoms with E-state index in [4.69, 9.17) is 0 Å². The quantitative estimate of drug-likeness (QED) is 0.780. The van der Waals surface area contributed by atoms with E-state index in [-0.39, 0.29) is 17.9 Å². The number of piperidine rings is 2. The van der Waals surface area contributed by atoms with Gasteiger partial charge in [0.1, 0.15) is 6.54 Å². The molecule has 3 aliphatic rings. The van der Waals surface area contributed by atoms with Crippen LogP contribution >= 0.6 is 0 Å². The zero-order valence-corrected chi connectivity index (χ0v) is 17.7. The molecule has 0 saturated carbocycles. The molecule has 0 N–H and O–H groups in total. The summed E-state index contributed by atoms with van der Waals surface area (Å²) in [5, 5.41) is 12.1. The maximum absolute atomic E-state index is 13.0. The second-order valence-corrected chi connectivity index (χ2v) is 9.17. The first-order valence-corrected chi connectivity index (χ1v) is 11.2. The Bertz CT molecular complexity index is 935. The Morgan fingerprint density at radius 1 is 1.13 bits per heavy atom. The topological polar surface area (TPSA) is 67.2 Å². The van der Waals surface area contributed by atoms with Gasteiger partial charge in [0, 0.05) is 18.5 Å². The molecule has 2 aliphatic heterocycles. The SMILES string of the molecule is CC1CCN(Cc2nnnn2CC(=O)N2CCC3(C=Cc4ccccc43)CC2)CC1. The summed E-state index contributed by atoms with van der Waals surface area (Å²) in [6, 6.07) is 8.63. The van der Waals surface area contributed by atoms with Crippen molar-refractivity contribution in [1.82, 2.24) is 30.0 Å². The van der Waals surface area contributed by atoms with Crippen LogP contribution in [0.5, 0.6) is 0 Å². The average Bonchev–Trinajstić information content (AvgIpc) is 3.35. The molecule has 2 saturated heterocycles. The number of tetrazole rings is 1. The fourth-order valence-corrected chi connectivity index (χ4v) is 5.13. The predicted molar refractivity (Wildman–Crippen MR) is 114 cm³/mol. The third-order valence-electron chi connectivity index (χ3n) is 7.22. The van der Waals surface area contributed by atoms with Gasteiger partial charge in [-0.05, 0) is 66.2 Å². The highest BCUT2D eigenvalue weighted by Gasteiger charge is 2.38. The number of nitrogens with zero attached hydrogens (tertiary/aromatic N) is 6. The number of likely N-dealkylation sites (tertiary alicyclic amines) is 2. The molecular weight excluding hydrogens is 376 g/mol. The summed E-state index contributed by atoms with van der Waals surface area (Å²) >= 11 is 0. The number of amides is 1. The van der Waals surface area contributed by atoms with Gasteiger partial charge in [-0.1, -0.05) is 43.3 Å². The lowest BCUT2D eigenvalue weighted by Crippen LogP contribution is -2.45. The summed E-state index contributed by atoms with van der Waals surface area (Å²) in [6.07, 6.45) is 8.96. The largest absolute Gasteiger partial charge is 0.341 e. The van der Waals surface area contributed by atoms with E-state index in [1.54, 1.807) is 4.68 Å². The van der Waals surface area contributed by atoms with Crippen LogP contribution in [0.3, 0.4) is 0 Å². The second kappa shape index (κ2) is 7.95. The summed E-state index contributed by atoms with van der Waals surface area (Å²) < 4.78 is 1.69. The van der Waals surface area contributed by atoms with Crippen molar-refractivity contribution in [2.24, 2.45) is 5.92 Å². The standard InChI is InChI=1S/C23H30N6O/c1-18-7-12-27(13-8-18)16-21-24-25-26-29(21)17-22(30)28-14-10-23(11-15-28)9-6-19-4-2-3-5-20(19)23/h2-6,9,18H,7-8,10-17H2,1H3. The van der Waals surface area contributed by atoms with Gasteiger partial charge in [-0.3, -0.25) is 9.69 Å². The summed E-state index contributed by atoms with van der Waals surface area (Å²) in [6.45, 7) is 6.96. The van der Waals surface area contributed by atoms with Gasteiger partial charge >= 0.3 is 0 Å². The molecule has 0 unspecified atom stereocenters. The van der Waals surface area contributed by atoms with Gasteiger partial charge in [-0.2, -0.15) is 0 Å². The van der Waals surface area contributed by atoms with Gasteiger partial charge in [0.05, 0.1) is 6.54 Å². The van der Waals surface area contributed by atoms with Crippen LogP contribution in [0.15, 0.2) is 30.3 Å². The van der Waals surface area contributed by atoms with Crippen molar-refractivity contribution >= 4 is 12.0 Å². The maximum Gasteiger partial charge on any atom is 0.244 e. The highest BCUT2D eigenvalue weighted by Crippen LogP contribution is 2.43. The molecule has 0 atom stereocenters.